The second kappa shape index (κ2) is 6.22. The number of aromatic hydroxyl groups is 1. The lowest BCUT2D eigenvalue weighted by Gasteiger charge is -2.00. The number of hydrogen-bond donors (Lipinski definition) is 1. The maximum absolute atomic E-state index is 12.2. The molecule has 0 fully saturated rings. The first-order chi connectivity index (χ1) is 11.0. The summed E-state index contributed by atoms with van der Waals surface area (Å²) in [5.74, 6) is -0.348. The molecule has 1 heterocycles. The Bertz CT molecular complexity index is 986. The van der Waals surface area contributed by atoms with Gasteiger partial charge in [-0.25, -0.2) is 4.79 Å². The van der Waals surface area contributed by atoms with Gasteiger partial charge in [0.05, 0.1) is 0 Å². The third-order valence-electron chi connectivity index (χ3n) is 3.26. The molecule has 0 bridgehead atoms. The fourth-order valence-electron chi connectivity index (χ4n) is 2.16. The van der Waals surface area contributed by atoms with Crippen molar-refractivity contribution in [2.75, 3.05) is 0 Å². The first-order valence-corrected chi connectivity index (χ1v) is 7.57. The van der Waals surface area contributed by atoms with Crippen LogP contribution in [-0.4, -0.2) is 10.9 Å². The number of ketones is 1. The molecule has 0 unspecified atom stereocenters. The number of carbonyl (C=O) groups excluding carboxylic acids is 1. The van der Waals surface area contributed by atoms with Crippen LogP contribution in [0.2, 0.25) is 0 Å². The van der Waals surface area contributed by atoms with Gasteiger partial charge in [0.15, 0.2) is 5.78 Å². The zero-order valence-corrected chi connectivity index (χ0v) is 13.4. The molecule has 0 saturated carbocycles. The van der Waals surface area contributed by atoms with Crippen LogP contribution in [0.1, 0.15) is 15.9 Å². The summed E-state index contributed by atoms with van der Waals surface area (Å²) in [6, 6.07) is 13.2. The summed E-state index contributed by atoms with van der Waals surface area (Å²) in [5, 5.41) is 10.1. The van der Waals surface area contributed by atoms with E-state index < -0.39 is 11.4 Å². The highest BCUT2D eigenvalue weighted by Crippen LogP contribution is 2.20. The van der Waals surface area contributed by atoms with Gasteiger partial charge in [0, 0.05) is 9.86 Å². The van der Waals surface area contributed by atoms with E-state index in [9.17, 15) is 14.7 Å². The molecule has 0 amide bonds. The molecule has 114 valence electrons. The van der Waals surface area contributed by atoms with E-state index in [0.717, 1.165) is 4.47 Å². The second-order valence-corrected chi connectivity index (χ2v) is 5.84. The van der Waals surface area contributed by atoms with Crippen molar-refractivity contribution in [1.82, 2.24) is 0 Å². The van der Waals surface area contributed by atoms with Gasteiger partial charge in [0.2, 0.25) is 0 Å². The average Bonchev–Trinajstić information content (AvgIpc) is 2.52. The maximum atomic E-state index is 12.2. The molecule has 0 aliphatic carbocycles. The Balaban J connectivity index is 1.97. The molecule has 23 heavy (non-hydrogen) atoms. The van der Waals surface area contributed by atoms with Crippen LogP contribution in [0.5, 0.6) is 5.75 Å². The standard InChI is InChI=1S/C18H11BrO4/c19-13-5-7-17-12(9-13)10-15(18(22)23-17)16(21)6-4-11-2-1-3-14(20)8-11/h1-10,20H/b6-4+. The Morgan fingerprint density at radius 1 is 1.13 bits per heavy atom. The Labute approximate surface area is 139 Å². The van der Waals surface area contributed by atoms with E-state index in [1.54, 1.807) is 30.3 Å². The lowest BCUT2D eigenvalue weighted by molar-refractivity contribution is 0.104. The van der Waals surface area contributed by atoms with E-state index in [1.165, 1.54) is 30.4 Å². The predicted octanol–water partition coefficient (Wildman–Crippen LogP) is 4.16. The van der Waals surface area contributed by atoms with Crippen molar-refractivity contribution in [3.8, 4) is 5.75 Å². The fraction of sp³-hybridized carbons (Fsp3) is 0. The van der Waals surface area contributed by atoms with Crippen molar-refractivity contribution in [2.45, 2.75) is 0 Å². The monoisotopic (exact) mass is 370 g/mol. The number of carbonyl (C=O) groups is 1. The fourth-order valence-corrected chi connectivity index (χ4v) is 2.54. The average molecular weight is 371 g/mol. The number of benzene rings is 2. The minimum absolute atomic E-state index is 0.0352. The van der Waals surface area contributed by atoms with Gasteiger partial charge in [-0.1, -0.05) is 34.1 Å². The SMILES string of the molecule is O=C(/C=C/c1cccc(O)c1)c1cc2cc(Br)ccc2oc1=O. The smallest absolute Gasteiger partial charge is 0.347 e. The summed E-state index contributed by atoms with van der Waals surface area (Å²) >= 11 is 3.34. The highest BCUT2D eigenvalue weighted by Gasteiger charge is 2.11. The molecular formula is C18H11BrO4. The Kier molecular flexibility index (Phi) is 4.12. The van der Waals surface area contributed by atoms with Gasteiger partial charge in [-0.3, -0.25) is 4.79 Å². The molecule has 0 aliphatic heterocycles. The van der Waals surface area contributed by atoms with Gasteiger partial charge in [-0.05, 0) is 48.0 Å². The largest absolute Gasteiger partial charge is 0.508 e. The number of allylic oxidation sites excluding steroid dienone is 1. The highest BCUT2D eigenvalue weighted by atomic mass is 79.9. The van der Waals surface area contributed by atoms with Crippen LogP contribution in [0.15, 0.2) is 68.3 Å². The first-order valence-electron chi connectivity index (χ1n) is 6.78. The van der Waals surface area contributed by atoms with Crippen LogP contribution in [0.3, 0.4) is 0 Å². The van der Waals surface area contributed by atoms with Crippen molar-refractivity contribution in [1.29, 1.82) is 0 Å². The first kappa shape index (κ1) is 15.2. The molecule has 0 spiro atoms. The topological polar surface area (TPSA) is 67.5 Å². The van der Waals surface area contributed by atoms with E-state index in [2.05, 4.69) is 15.9 Å². The summed E-state index contributed by atoms with van der Waals surface area (Å²) in [6.45, 7) is 0. The quantitative estimate of drug-likeness (QED) is 0.427. The van der Waals surface area contributed by atoms with E-state index in [4.69, 9.17) is 4.42 Å². The lowest BCUT2D eigenvalue weighted by Crippen LogP contribution is -2.11. The lowest BCUT2D eigenvalue weighted by atomic mass is 10.1. The molecule has 3 aromatic rings. The molecule has 5 heteroatoms. The van der Waals surface area contributed by atoms with E-state index in [0.29, 0.717) is 16.5 Å². The van der Waals surface area contributed by atoms with Crippen molar-refractivity contribution >= 4 is 38.8 Å². The van der Waals surface area contributed by atoms with Gasteiger partial charge >= 0.3 is 5.63 Å². The van der Waals surface area contributed by atoms with Gasteiger partial charge in [-0.15, -0.1) is 0 Å². The highest BCUT2D eigenvalue weighted by molar-refractivity contribution is 9.10. The maximum Gasteiger partial charge on any atom is 0.347 e. The summed E-state index contributed by atoms with van der Waals surface area (Å²) in [7, 11) is 0. The molecule has 0 aliphatic rings. The van der Waals surface area contributed by atoms with Crippen molar-refractivity contribution < 1.29 is 14.3 Å². The molecule has 0 atom stereocenters. The summed E-state index contributed by atoms with van der Waals surface area (Å²) in [5.41, 5.74) is 0.371. The number of halogens is 1. The van der Waals surface area contributed by atoms with Gasteiger partial charge in [0.1, 0.15) is 16.9 Å². The molecule has 0 saturated heterocycles. The van der Waals surface area contributed by atoms with Crippen LogP contribution in [-0.2, 0) is 0 Å². The number of rotatable bonds is 3. The predicted molar refractivity (Wildman–Crippen MR) is 91.7 cm³/mol. The summed E-state index contributed by atoms with van der Waals surface area (Å²) in [4.78, 5) is 24.2. The van der Waals surface area contributed by atoms with Crippen LogP contribution < -0.4 is 5.63 Å². The summed E-state index contributed by atoms with van der Waals surface area (Å²) < 4.78 is 6.00. The van der Waals surface area contributed by atoms with Crippen molar-refractivity contribution in [3.63, 3.8) is 0 Å². The third kappa shape index (κ3) is 3.40. The molecule has 3 rings (SSSR count). The summed E-state index contributed by atoms with van der Waals surface area (Å²) in [6.07, 6.45) is 2.82. The Hall–Kier alpha value is -2.66. The van der Waals surface area contributed by atoms with Gasteiger partial charge in [-0.2, -0.15) is 0 Å². The van der Waals surface area contributed by atoms with E-state index >= 15 is 0 Å². The minimum atomic E-state index is -0.676. The van der Waals surface area contributed by atoms with E-state index in [-0.39, 0.29) is 11.3 Å². The number of hydrogen-bond acceptors (Lipinski definition) is 4. The minimum Gasteiger partial charge on any atom is -0.508 e. The molecule has 2 aromatic carbocycles. The zero-order valence-electron chi connectivity index (χ0n) is 11.8. The van der Waals surface area contributed by atoms with Gasteiger partial charge in [0.25, 0.3) is 0 Å². The van der Waals surface area contributed by atoms with Crippen LogP contribution in [0.25, 0.3) is 17.0 Å². The Morgan fingerprint density at radius 3 is 2.74 bits per heavy atom. The molecule has 4 nitrogen and oxygen atoms in total. The number of phenolic OH excluding ortho intramolecular Hbond substituents is 1. The van der Waals surface area contributed by atoms with Crippen LogP contribution in [0, 0.1) is 0 Å². The van der Waals surface area contributed by atoms with Crippen LogP contribution in [0.4, 0.5) is 0 Å². The number of phenols is 1. The zero-order chi connectivity index (χ0) is 16.4. The molecule has 0 radical (unpaired) electrons. The van der Waals surface area contributed by atoms with Gasteiger partial charge < -0.3 is 9.52 Å². The second-order valence-electron chi connectivity index (χ2n) is 4.92. The molecule has 1 N–H and O–H groups in total. The molecule has 1 aromatic heterocycles. The number of fused-ring (bicyclic) bond motifs is 1. The van der Waals surface area contributed by atoms with Crippen molar-refractivity contribution in [3.05, 3.63) is 80.6 Å². The normalized spacial score (nSPS) is 11.2. The molecular weight excluding hydrogens is 360 g/mol. The van der Waals surface area contributed by atoms with Crippen molar-refractivity contribution in [2.24, 2.45) is 0 Å². The van der Waals surface area contributed by atoms with Crippen LogP contribution >= 0.6 is 15.9 Å². The Morgan fingerprint density at radius 2 is 1.96 bits per heavy atom. The third-order valence-corrected chi connectivity index (χ3v) is 3.75. The van der Waals surface area contributed by atoms with E-state index in [1.807, 2.05) is 0 Å².